The first-order valence-corrected chi connectivity index (χ1v) is 10.8. The topological polar surface area (TPSA) is 102 Å². The van der Waals surface area contributed by atoms with E-state index < -0.39 is 5.60 Å². The second kappa shape index (κ2) is 7.02. The maximum Gasteiger partial charge on any atom is 0.204 e. The molecular formula is C26H26O7. The number of ether oxygens (including phenoxy) is 3. The van der Waals surface area contributed by atoms with E-state index in [0.717, 1.165) is 0 Å². The van der Waals surface area contributed by atoms with Crippen LogP contribution in [0.15, 0.2) is 39.7 Å². The van der Waals surface area contributed by atoms with Gasteiger partial charge in [-0.2, -0.15) is 0 Å². The lowest BCUT2D eigenvalue weighted by Gasteiger charge is -2.30. The summed E-state index contributed by atoms with van der Waals surface area (Å²) in [5.41, 5.74) is 0.868. The van der Waals surface area contributed by atoms with Crippen molar-refractivity contribution in [1.82, 2.24) is 0 Å². The van der Waals surface area contributed by atoms with Gasteiger partial charge in [-0.15, -0.1) is 0 Å². The van der Waals surface area contributed by atoms with Crippen molar-refractivity contribution in [2.75, 3.05) is 7.11 Å². The zero-order valence-electron chi connectivity index (χ0n) is 19.2. The van der Waals surface area contributed by atoms with Crippen LogP contribution in [0.1, 0.15) is 38.8 Å². The molecule has 1 saturated heterocycles. The predicted molar refractivity (Wildman–Crippen MR) is 124 cm³/mol. The molecule has 172 valence electrons. The molecule has 3 heterocycles. The molecule has 2 N–H and O–H groups in total. The summed E-state index contributed by atoms with van der Waals surface area (Å²) in [6, 6.07) is 4.59. The third kappa shape index (κ3) is 3.43. The molecule has 1 unspecified atom stereocenters. The number of rotatable bonds is 4. The Morgan fingerprint density at radius 3 is 2.55 bits per heavy atom. The number of benzene rings is 2. The molecule has 0 aliphatic carbocycles. The molecule has 1 aromatic heterocycles. The molecule has 2 aliphatic heterocycles. The van der Waals surface area contributed by atoms with Crippen LogP contribution >= 0.6 is 0 Å². The maximum absolute atomic E-state index is 13.6. The van der Waals surface area contributed by atoms with Crippen LogP contribution in [-0.4, -0.2) is 34.6 Å². The van der Waals surface area contributed by atoms with Gasteiger partial charge in [0.15, 0.2) is 17.1 Å². The number of fused-ring (bicyclic) bond motifs is 3. The van der Waals surface area contributed by atoms with Crippen molar-refractivity contribution < 1.29 is 28.8 Å². The third-order valence-corrected chi connectivity index (χ3v) is 6.34. The Balaban J connectivity index is 1.76. The molecule has 5 rings (SSSR count). The van der Waals surface area contributed by atoms with E-state index in [-0.39, 0.29) is 50.9 Å². The summed E-state index contributed by atoms with van der Waals surface area (Å²) < 4.78 is 23.1. The summed E-state index contributed by atoms with van der Waals surface area (Å²) in [5, 5.41) is 21.3. The lowest BCUT2D eigenvalue weighted by atomic mass is 9.92. The number of methoxy groups -OCH3 is 1. The Kier molecular flexibility index (Phi) is 4.55. The summed E-state index contributed by atoms with van der Waals surface area (Å²) in [6.07, 6.45) is 5.43. The Morgan fingerprint density at radius 2 is 1.88 bits per heavy atom. The van der Waals surface area contributed by atoms with Crippen molar-refractivity contribution in [3.8, 4) is 34.1 Å². The van der Waals surface area contributed by atoms with Crippen LogP contribution in [0.2, 0.25) is 0 Å². The van der Waals surface area contributed by atoms with Crippen molar-refractivity contribution in [2.24, 2.45) is 0 Å². The highest BCUT2D eigenvalue weighted by Gasteiger charge is 2.48. The van der Waals surface area contributed by atoms with Crippen LogP contribution in [0, 0.1) is 0 Å². The van der Waals surface area contributed by atoms with Gasteiger partial charge in [0.2, 0.25) is 5.43 Å². The summed E-state index contributed by atoms with van der Waals surface area (Å²) in [7, 11) is 1.43. The number of aromatic hydroxyl groups is 2. The first-order valence-electron chi connectivity index (χ1n) is 10.8. The van der Waals surface area contributed by atoms with Gasteiger partial charge in [0.25, 0.3) is 0 Å². The number of phenols is 2. The third-order valence-electron chi connectivity index (χ3n) is 6.34. The zero-order valence-corrected chi connectivity index (χ0v) is 19.2. The predicted octanol–water partition coefficient (Wildman–Crippen LogP) is 4.78. The van der Waals surface area contributed by atoms with E-state index in [4.69, 9.17) is 18.6 Å². The highest BCUT2D eigenvalue weighted by Crippen LogP contribution is 2.48. The smallest absolute Gasteiger partial charge is 0.204 e. The van der Waals surface area contributed by atoms with Crippen molar-refractivity contribution in [3.05, 3.63) is 51.9 Å². The quantitative estimate of drug-likeness (QED) is 0.551. The molecule has 1 fully saturated rings. The van der Waals surface area contributed by atoms with Gasteiger partial charge in [0.05, 0.1) is 29.9 Å². The van der Waals surface area contributed by atoms with Gasteiger partial charge in [-0.1, -0.05) is 6.07 Å². The molecule has 2 aromatic carbocycles. The largest absolute Gasteiger partial charge is 0.507 e. The van der Waals surface area contributed by atoms with Crippen molar-refractivity contribution in [2.45, 2.75) is 51.4 Å². The molecule has 7 nitrogen and oxygen atoms in total. The zero-order chi connectivity index (χ0) is 23.7. The standard InChI is InChI=1S/C26H26O7/c1-25(2)9-8-14-23(33-25)15(11-19-26(3,4)32-19)21(28)20-22(29)16(12-31-24(14)20)13-6-7-17(27)18(10-13)30-5/h6-10,12,19,27-28H,11H2,1-5H3. The van der Waals surface area contributed by atoms with E-state index in [1.54, 1.807) is 12.1 Å². The minimum atomic E-state index is -0.579. The molecule has 3 aromatic rings. The van der Waals surface area contributed by atoms with Crippen molar-refractivity contribution in [3.63, 3.8) is 0 Å². The van der Waals surface area contributed by atoms with Crippen molar-refractivity contribution in [1.29, 1.82) is 0 Å². The van der Waals surface area contributed by atoms with Gasteiger partial charge >= 0.3 is 0 Å². The van der Waals surface area contributed by atoms with Crippen LogP contribution < -0.4 is 14.9 Å². The van der Waals surface area contributed by atoms with Crippen molar-refractivity contribution >= 4 is 17.0 Å². The average Bonchev–Trinajstić information content (AvgIpc) is 3.36. The molecule has 0 amide bonds. The van der Waals surface area contributed by atoms with E-state index >= 15 is 0 Å². The molecule has 0 spiro atoms. The average molecular weight is 450 g/mol. The second-order valence-electron chi connectivity index (χ2n) is 9.59. The van der Waals surface area contributed by atoms with Gasteiger partial charge < -0.3 is 28.8 Å². The van der Waals surface area contributed by atoms with Gasteiger partial charge in [-0.25, -0.2) is 0 Å². The fourth-order valence-electron chi connectivity index (χ4n) is 4.29. The molecule has 0 radical (unpaired) electrons. The van der Waals surface area contributed by atoms with Crippen LogP contribution in [0.4, 0.5) is 0 Å². The van der Waals surface area contributed by atoms with Gasteiger partial charge in [-0.3, -0.25) is 4.79 Å². The van der Waals surface area contributed by atoms with Gasteiger partial charge in [-0.05, 0) is 57.5 Å². The highest BCUT2D eigenvalue weighted by atomic mass is 16.6. The fraction of sp³-hybridized carbons (Fsp3) is 0.346. The van der Waals surface area contributed by atoms with Crippen LogP contribution in [-0.2, 0) is 11.2 Å². The molecule has 2 aliphatic rings. The van der Waals surface area contributed by atoms with E-state index in [2.05, 4.69) is 0 Å². The minimum Gasteiger partial charge on any atom is -0.507 e. The number of epoxide rings is 1. The summed E-state index contributed by atoms with van der Waals surface area (Å²) >= 11 is 0. The first kappa shape index (κ1) is 21.4. The summed E-state index contributed by atoms with van der Waals surface area (Å²) in [5.74, 6) is 0.528. The number of hydrogen-bond donors (Lipinski definition) is 2. The molecule has 33 heavy (non-hydrogen) atoms. The van der Waals surface area contributed by atoms with Gasteiger partial charge in [0, 0.05) is 12.0 Å². The Morgan fingerprint density at radius 1 is 1.15 bits per heavy atom. The molecular weight excluding hydrogens is 424 g/mol. The maximum atomic E-state index is 13.6. The monoisotopic (exact) mass is 450 g/mol. The first-order chi connectivity index (χ1) is 15.5. The van der Waals surface area contributed by atoms with Crippen LogP contribution in [0.25, 0.3) is 28.2 Å². The van der Waals surface area contributed by atoms with E-state index in [9.17, 15) is 15.0 Å². The Hall–Kier alpha value is -3.45. The fourth-order valence-corrected chi connectivity index (χ4v) is 4.29. The van der Waals surface area contributed by atoms with Crippen LogP contribution in [0.5, 0.6) is 23.0 Å². The number of hydrogen-bond acceptors (Lipinski definition) is 7. The normalized spacial score (nSPS) is 19.7. The minimum absolute atomic E-state index is 0.0393. The van der Waals surface area contributed by atoms with Gasteiger partial charge in [0.1, 0.15) is 28.7 Å². The summed E-state index contributed by atoms with van der Waals surface area (Å²) in [4.78, 5) is 13.6. The Bertz CT molecular complexity index is 1380. The molecule has 1 atom stereocenters. The van der Waals surface area contributed by atoms with E-state index in [1.807, 2.05) is 39.8 Å². The Labute approximate surface area is 190 Å². The highest BCUT2D eigenvalue weighted by molar-refractivity contribution is 5.97. The van der Waals surface area contributed by atoms with Crippen LogP contribution in [0.3, 0.4) is 0 Å². The van der Waals surface area contributed by atoms with E-state index in [0.29, 0.717) is 28.9 Å². The lowest BCUT2D eigenvalue weighted by Crippen LogP contribution is -2.28. The SMILES string of the molecule is COc1cc(-c2coc3c4c(c(CC5OC5(C)C)c(O)c3c2=O)OC(C)(C)C=C4)ccc1O. The second-order valence-corrected chi connectivity index (χ2v) is 9.59. The molecule has 0 saturated carbocycles. The van der Waals surface area contributed by atoms with E-state index in [1.165, 1.54) is 19.4 Å². The summed E-state index contributed by atoms with van der Waals surface area (Å²) in [6.45, 7) is 7.81. The molecule has 7 heteroatoms. The lowest BCUT2D eigenvalue weighted by molar-refractivity contribution is 0.156. The number of phenolic OH excluding ortho intramolecular Hbond substituents is 2. The molecule has 0 bridgehead atoms.